The van der Waals surface area contributed by atoms with Crippen molar-refractivity contribution in [3.63, 3.8) is 0 Å². The largest absolute Gasteiger partial charge is 0.493 e. The summed E-state index contributed by atoms with van der Waals surface area (Å²) in [5.41, 5.74) is 0. The Hall–Kier alpha value is -1.91. The molecule has 5 heteroatoms. The van der Waals surface area contributed by atoms with E-state index >= 15 is 0 Å². The standard InChI is InChI=1S/C13H16O5/c1-4-8(12(14)15)13(2)17-10-7-5-6-9(16-3)11(10)18-13/h5-8H,4H2,1-3H3,(H,14,15). The van der Waals surface area contributed by atoms with E-state index in [-0.39, 0.29) is 0 Å². The molecule has 1 aromatic carbocycles. The first-order valence-electron chi connectivity index (χ1n) is 5.79. The molecule has 98 valence electrons. The summed E-state index contributed by atoms with van der Waals surface area (Å²) < 4.78 is 16.5. The summed E-state index contributed by atoms with van der Waals surface area (Å²) in [6.45, 7) is 3.42. The van der Waals surface area contributed by atoms with E-state index in [9.17, 15) is 9.90 Å². The maximum absolute atomic E-state index is 11.2. The minimum atomic E-state index is -1.20. The molecule has 1 aliphatic rings. The maximum atomic E-state index is 11.2. The van der Waals surface area contributed by atoms with Crippen LogP contribution in [-0.2, 0) is 4.79 Å². The Kier molecular flexibility index (Phi) is 3.07. The fourth-order valence-corrected chi connectivity index (χ4v) is 2.19. The third-order valence-electron chi connectivity index (χ3n) is 3.12. The number of carboxylic acid groups (broad SMARTS) is 1. The molecule has 0 fully saturated rings. The Labute approximate surface area is 105 Å². The smallest absolute Gasteiger partial charge is 0.314 e. The molecule has 0 bridgehead atoms. The van der Waals surface area contributed by atoms with Crippen molar-refractivity contribution in [2.45, 2.75) is 26.1 Å². The number of methoxy groups -OCH3 is 1. The molecule has 1 aliphatic heterocycles. The van der Waals surface area contributed by atoms with Crippen molar-refractivity contribution in [1.29, 1.82) is 0 Å². The molecule has 2 atom stereocenters. The van der Waals surface area contributed by atoms with Crippen molar-refractivity contribution in [3.05, 3.63) is 18.2 Å². The third-order valence-corrected chi connectivity index (χ3v) is 3.12. The summed E-state index contributed by atoms with van der Waals surface area (Å²) in [4.78, 5) is 11.2. The average Bonchev–Trinajstić information content (AvgIpc) is 2.65. The van der Waals surface area contributed by atoms with Crippen LogP contribution in [0.25, 0.3) is 0 Å². The molecule has 2 rings (SSSR count). The molecule has 0 radical (unpaired) electrons. The van der Waals surface area contributed by atoms with E-state index in [0.717, 1.165) is 0 Å². The van der Waals surface area contributed by atoms with Crippen LogP contribution in [0.1, 0.15) is 20.3 Å². The second-order valence-corrected chi connectivity index (χ2v) is 4.31. The van der Waals surface area contributed by atoms with Gasteiger partial charge in [-0.3, -0.25) is 4.79 Å². The highest BCUT2D eigenvalue weighted by atomic mass is 16.7. The molecule has 1 heterocycles. The van der Waals surface area contributed by atoms with Gasteiger partial charge in [-0.05, 0) is 18.6 Å². The number of fused-ring (bicyclic) bond motifs is 1. The first kappa shape index (κ1) is 12.5. The van der Waals surface area contributed by atoms with Crippen LogP contribution in [0.5, 0.6) is 17.2 Å². The second-order valence-electron chi connectivity index (χ2n) is 4.31. The minimum absolute atomic E-state index is 0.419. The van der Waals surface area contributed by atoms with Gasteiger partial charge in [0, 0.05) is 6.92 Å². The van der Waals surface area contributed by atoms with E-state index in [1.807, 2.05) is 0 Å². The van der Waals surface area contributed by atoms with Crippen molar-refractivity contribution in [1.82, 2.24) is 0 Å². The van der Waals surface area contributed by atoms with Gasteiger partial charge in [-0.1, -0.05) is 13.0 Å². The highest BCUT2D eigenvalue weighted by Gasteiger charge is 2.48. The highest BCUT2D eigenvalue weighted by Crippen LogP contribution is 2.48. The number of para-hydroxylation sites is 1. The molecule has 0 saturated heterocycles. The molecule has 0 saturated carbocycles. The van der Waals surface area contributed by atoms with E-state index < -0.39 is 17.7 Å². The van der Waals surface area contributed by atoms with Gasteiger partial charge in [0.25, 0.3) is 5.79 Å². The number of benzene rings is 1. The number of rotatable bonds is 4. The van der Waals surface area contributed by atoms with Crippen molar-refractivity contribution in [2.75, 3.05) is 7.11 Å². The summed E-state index contributed by atoms with van der Waals surface area (Å²) in [5.74, 6) is -1.37. The molecule has 18 heavy (non-hydrogen) atoms. The Morgan fingerprint density at radius 2 is 2.22 bits per heavy atom. The lowest BCUT2D eigenvalue weighted by atomic mass is 9.97. The van der Waals surface area contributed by atoms with E-state index in [4.69, 9.17) is 14.2 Å². The zero-order valence-electron chi connectivity index (χ0n) is 10.6. The first-order chi connectivity index (χ1) is 8.51. The summed E-state index contributed by atoms with van der Waals surface area (Å²) in [6, 6.07) is 5.25. The molecule has 2 unspecified atom stereocenters. The lowest BCUT2D eigenvalue weighted by Crippen LogP contribution is -2.46. The van der Waals surface area contributed by atoms with Gasteiger partial charge < -0.3 is 19.3 Å². The summed E-state index contributed by atoms with van der Waals surface area (Å²) >= 11 is 0. The number of carbonyl (C=O) groups is 1. The normalized spacial score (nSPS) is 22.6. The van der Waals surface area contributed by atoms with E-state index in [1.54, 1.807) is 32.0 Å². The number of ether oxygens (including phenoxy) is 3. The Bertz CT molecular complexity index is 470. The Morgan fingerprint density at radius 1 is 1.50 bits per heavy atom. The van der Waals surface area contributed by atoms with Crippen LogP contribution in [0, 0.1) is 5.92 Å². The van der Waals surface area contributed by atoms with E-state index in [1.165, 1.54) is 7.11 Å². The lowest BCUT2D eigenvalue weighted by molar-refractivity contribution is -0.166. The highest BCUT2D eigenvalue weighted by molar-refractivity contribution is 5.72. The van der Waals surface area contributed by atoms with Crippen LogP contribution in [0.2, 0.25) is 0 Å². The van der Waals surface area contributed by atoms with Crippen LogP contribution >= 0.6 is 0 Å². The van der Waals surface area contributed by atoms with Crippen molar-refractivity contribution in [3.8, 4) is 17.2 Å². The second kappa shape index (κ2) is 4.40. The predicted octanol–water partition coefficient (Wildman–Crippen LogP) is 2.29. The molecular formula is C13H16O5. The molecular weight excluding hydrogens is 236 g/mol. The Balaban J connectivity index is 2.35. The predicted molar refractivity (Wildman–Crippen MR) is 64.1 cm³/mol. The maximum Gasteiger partial charge on any atom is 0.314 e. The molecule has 1 aromatic rings. The van der Waals surface area contributed by atoms with E-state index in [2.05, 4.69) is 0 Å². The minimum Gasteiger partial charge on any atom is -0.493 e. The van der Waals surface area contributed by atoms with Crippen LogP contribution < -0.4 is 14.2 Å². The van der Waals surface area contributed by atoms with Gasteiger partial charge in [0.2, 0.25) is 5.75 Å². The first-order valence-corrected chi connectivity index (χ1v) is 5.79. The fraction of sp³-hybridized carbons (Fsp3) is 0.462. The third kappa shape index (κ3) is 1.85. The molecule has 0 amide bonds. The van der Waals surface area contributed by atoms with Gasteiger partial charge in [-0.15, -0.1) is 0 Å². The monoisotopic (exact) mass is 252 g/mol. The van der Waals surface area contributed by atoms with Crippen LogP contribution in [0.15, 0.2) is 18.2 Å². The topological polar surface area (TPSA) is 65.0 Å². The van der Waals surface area contributed by atoms with Gasteiger partial charge in [0.05, 0.1) is 7.11 Å². The number of hydrogen-bond acceptors (Lipinski definition) is 4. The molecule has 5 nitrogen and oxygen atoms in total. The van der Waals surface area contributed by atoms with Crippen molar-refractivity contribution < 1.29 is 24.1 Å². The van der Waals surface area contributed by atoms with Crippen LogP contribution in [-0.4, -0.2) is 24.0 Å². The SMILES string of the molecule is CCC(C(=O)O)C1(C)Oc2cccc(OC)c2O1. The molecule has 1 N–H and O–H groups in total. The fourth-order valence-electron chi connectivity index (χ4n) is 2.19. The summed E-state index contributed by atoms with van der Waals surface area (Å²) in [5, 5.41) is 9.21. The quantitative estimate of drug-likeness (QED) is 0.890. The molecule has 0 aromatic heterocycles. The molecule has 0 aliphatic carbocycles. The van der Waals surface area contributed by atoms with E-state index in [0.29, 0.717) is 23.7 Å². The number of hydrogen-bond donors (Lipinski definition) is 1. The van der Waals surface area contributed by atoms with Gasteiger partial charge in [0.15, 0.2) is 11.5 Å². The zero-order valence-corrected chi connectivity index (χ0v) is 10.6. The van der Waals surface area contributed by atoms with Crippen molar-refractivity contribution >= 4 is 5.97 Å². The lowest BCUT2D eigenvalue weighted by Gasteiger charge is -2.28. The van der Waals surface area contributed by atoms with Crippen molar-refractivity contribution in [2.24, 2.45) is 5.92 Å². The summed E-state index contributed by atoms with van der Waals surface area (Å²) in [6.07, 6.45) is 0.419. The van der Waals surface area contributed by atoms with Crippen LogP contribution in [0.4, 0.5) is 0 Å². The summed E-state index contributed by atoms with van der Waals surface area (Å²) in [7, 11) is 1.53. The average molecular weight is 252 g/mol. The molecule has 0 spiro atoms. The Morgan fingerprint density at radius 3 is 2.78 bits per heavy atom. The van der Waals surface area contributed by atoms with Crippen LogP contribution in [0.3, 0.4) is 0 Å². The van der Waals surface area contributed by atoms with Gasteiger partial charge in [0.1, 0.15) is 5.92 Å². The van der Waals surface area contributed by atoms with Gasteiger partial charge >= 0.3 is 5.97 Å². The zero-order chi connectivity index (χ0) is 13.3. The number of aliphatic carboxylic acids is 1. The number of carboxylic acids is 1. The van der Waals surface area contributed by atoms with Gasteiger partial charge in [-0.2, -0.15) is 0 Å². The van der Waals surface area contributed by atoms with Gasteiger partial charge in [-0.25, -0.2) is 0 Å².